The van der Waals surface area contributed by atoms with E-state index in [4.69, 9.17) is 5.73 Å². The van der Waals surface area contributed by atoms with Crippen molar-refractivity contribution in [3.8, 4) is 0 Å². The summed E-state index contributed by atoms with van der Waals surface area (Å²) in [7, 11) is 0. The first kappa shape index (κ1) is 13.2. The molecule has 0 bridgehead atoms. The fourth-order valence-electron chi connectivity index (χ4n) is 3.15. The highest BCUT2D eigenvalue weighted by atomic mass is 79.9. The third-order valence-electron chi connectivity index (χ3n) is 4.03. The van der Waals surface area contributed by atoms with E-state index in [0.717, 1.165) is 13.0 Å². The Hall–Kier alpha value is -1.81. The average Bonchev–Trinajstić information content (AvgIpc) is 2.75. The molecule has 102 valence electrons. The highest BCUT2D eigenvalue weighted by molar-refractivity contribution is 8.93. The van der Waals surface area contributed by atoms with E-state index >= 15 is 0 Å². The first-order valence-electron chi connectivity index (χ1n) is 6.59. The maximum Gasteiger partial charge on any atom is 0.196 e. The van der Waals surface area contributed by atoms with E-state index in [1.807, 2.05) is 0 Å². The van der Waals surface area contributed by atoms with Crippen molar-refractivity contribution in [3.05, 3.63) is 65.2 Å². The van der Waals surface area contributed by atoms with Crippen LogP contribution in [0, 0.1) is 0 Å². The van der Waals surface area contributed by atoms with Crippen LogP contribution in [-0.2, 0) is 6.42 Å². The number of halogens is 1. The standard InChI is InChI=1S/C16H15N3.BrH/c17-16-18-10-15-13-7-3-1-5-11(13)9-12-6-2-4-8-14(12)19(15)16;/h1-8,15H,9-10H2,(H2,17,18);1H/t15-;/m1./s1. The van der Waals surface area contributed by atoms with Crippen LogP contribution >= 0.6 is 17.0 Å². The lowest BCUT2D eigenvalue weighted by Crippen LogP contribution is -2.36. The summed E-state index contributed by atoms with van der Waals surface area (Å²) in [6.45, 7) is 0.747. The molecule has 2 aromatic carbocycles. The van der Waals surface area contributed by atoms with Crippen LogP contribution in [-0.4, -0.2) is 12.5 Å². The number of fused-ring (bicyclic) bond motifs is 5. The number of hydrogen-bond donors (Lipinski definition) is 1. The van der Waals surface area contributed by atoms with Crippen molar-refractivity contribution < 1.29 is 0 Å². The van der Waals surface area contributed by atoms with Crippen molar-refractivity contribution in [2.75, 3.05) is 11.4 Å². The summed E-state index contributed by atoms with van der Waals surface area (Å²) >= 11 is 0. The highest BCUT2D eigenvalue weighted by Crippen LogP contribution is 2.39. The second-order valence-electron chi connectivity index (χ2n) is 5.09. The number of nitrogens with zero attached hydrogens (tertiary/aromatic N) is 2. The largest absolute Gasteiger partial charge is 0.369 e. The van der Waals surface area contributed by atoms with Crippen molar-refractivity contribution in [3.63, 3.8) is 0 Å². The second kappa shape index (κ2) is 4.94. The molecule has 0 aliphatic carbocycles. The molecule has 2 aliphatic rings. The highest BCUT2D eigenvalue weighted by Gasteiger charge is 2.33. The molecule has 1 atom stereocenters. The second-order valence-corrected chi connectivity index (χ2v) is 5.09. The molecular weight excluding hydrogens is 314 g/mol. The van der Waals surface area contributed by atoms with Crippen LogP contribution in [0.4, 0.5) is 5.69 Å². The average molecular weight is 330 g/mol. The molecule has 0 saturated heterocycles. The molecule has 0 spiro atoms. The van der Waals surface area contributed by atoms with Crippen molar-refractivity contribution in [2.24, 2.45) is 10.7 Å². The molecule has 20 heavy (non-hydrogen) atoms. The molecule has 0 saturated carbocycles. The van der Waals surface area contributed by atoms with Gasteiger partial charge in [-0.05, 0) is 29.2 Å². The lowest BCUT2D eigenvalue weighted by Gasteiger charge is -2.26. The lowest BCUT2D eigenvalue weighted by atomic mass is 9.97. The van der Waals surface area contributed by atoms with Crippen molar-refractivity contribution in [1.29, 1.82) is 0 Å². The number of benzene rings is 2. The van der Waals surface area contributed by atoms with Crippen molar-refractivity contribution in [2.45, 2.75) is 12.5 Å². The van der Waals surface area contributed by atoms with Crippen molar-refractivity contribution >= 4 is 28.6 Å². The Labute approximate surface area is 128 Å². The predicted octanol–water partition coefficient (Wildman–Crippen LogP) is 3.04. The molecule has 0 radical (unpaired) electrons. The number of aliphatic imine (C=N–C) groups is 1. The van der Waals surface area contributed by atoms with Gasteiger partial charge in [0, 0.05) is 5.69 Å². The molecule has 0 fully saturated rings. The molecule has 2 heterocycles. The summed E-state index contributed by atoms with van der Waals surface area (Å²) in [5, 5.41) is 0. The minimum absolute atomic E-state index is 0. The number of hydrogen-bond acceptors (Lipinski definition) is 3. The summed E-state index contributed by atoms with van der Waals surface area (Å²) in [6.07, 6.45) is 0.965. The maximum atomic E-state index is 6.11. The summed E-state index contributed by atoms with van der Waals surface area (Å²) in [4.78, 5) is 6.62. The van der Waals surface area contributed by atoms with Crippen LogP contribution < -0.4 is 10.6 Å². The van der Waals surface area contributed by atoms with Gasteiger partial charge >= 0.3 is 0 Å². The molecule has 4 rings (SSSR count). The zero-order valence-electron chi connectivity index (χ0n) is 11.0. The van der Waals surface area contributed by atoms with Gasteiger partial charge < -0.3 is 10.6 Å². The molecule has 2 N–H and O–H groups in total. The molecular formula is C16H16BrN3. The molecule has 0 amide bonds. The monoisotopic (exact) mass is 329 g/mol. The number of para-hydroxylation sites is 1. The van der Waals surface area contributed by atoms with E-state index in [1.54, 1.807) is 0 Å². The van der Waals surface area contributed by atoms with Gasteiger partial charge in [0.05, 0.1) is 12.6 Å². The number of guanidine groups is 1. The fourth-order valence-corrected chi connectivity index (χ4v) is 3.15. The third kappa shape index (κ3) is 1.83. The Morgan fingerprint density at radius 3 is 2.55 bits per heavy atom. The predicted molar refractivity (Wildman–Crippen MR) is 87.7 cm³/mol. The van der Waals surface area contributed by atoms with Crippen LogP contribution in [0.5, 0.6) is 0 Å². The van der Waals surface area contributed by atoms with E-state index in [1.165, 1.54) is 22.4 Å². The van der Waals surface area contributed by atoms with E-state index in [2.05, 4.69) is 58.4 Å². The molecule has 0 unspecified atom stereocenters. The Morgan fingerprint density at radius 2 is 1.70 bits per heavy atom. The van der Waals surface area contributed by atoms with Gasteiger partial charge in [0.15, 0.2) is 5.96 Å². The quantitative estimate of drug-likeness (QED) is 0.807. The summed E-state index contributed by atoms with van der Waals surface area (Å²) < 4.78 is 0. The Kier molecular flexibility index (Phi) is 3.26. The first-order chi connectivity index (χ1) is 9.34. The Bertz CT molecular complexity index is 681. The van der Waals surface area contributed by atoms with Crippen LogP contribution in [0.2, 0.25) is 0 Å². The van der Waals surface area contributed by atoms with E-state index in [9.17, 15) is 0 Å². The summed E-state index contributed by atoms with van der Waals surface area (Å²) in [5.74, 6) is 0.633. The zero-order chi connectivity index (χ0) is 12.8. The fraction of sp³-hybridized carbons (Fsp3) is 0.188. The number of anilines is 1. The summed E-state index contributed by atoms with van der Waals surface area (Å²) in [6, 6.07) is 17.3. The van der Waals surface area contributed by atoms with Gasteiger partial charge in [-0.1, -0.05) is 42.5 Å². The van der Waals surface area contributed by atoms with Gasteiger partial charge in [-0.25, -0.2) is 0 Å². The van der Waals surface area contributed by atoms with Gasteiger partial charge in [0.25, 0.3) is 0 Å². The molecule has 2 aromatic rings. The van der Waals surface area contributed by atoms with Gasteiger partial charge in [0.2, 0.25) is 0 Å². The maximum absolute atomic E-state index is 6.11. The minimum Gasteiger partial charge on any atom is -0.369 e. The van der Waals surface area contributed by atoms with Crippen LogP contribution in [0.25, 0.3) is 0 Å². The van der Waals surface area contributed by atoms with Gasteiger partial charge in [-0.15, -0.1) is 17.0 Å². The Morgan fingerprint density at radius 1 is 1.00 bits per heavy atom. The van der Waals surface area contributed by atoms with Crippen LogP contribution in [0.3, 0.4) is 0 Å². The third-order valence-corrected chi connectivity index (χ3v) is 4.03. The van der Waals surface area contributed by atoms with E-state index in [-0.39, 0.29) is 23.0 Å². The van der Waals surface area contributed by atoms with E-state index < -0.39 is 0 Å². The zero-order valence-corrected chi connectivity index (χ0v) is 12.7. The molecule has 3 nitrogen and oxygen atoms in total. The normalized spacial score (nSPS) is 19.1. The van der Waals surface area contributed by atoms with Crippen molar-refractivity contribution in [1.82, 2.24) is 0 Å². The molecule has 2 aliphatic heterocycles. The molecule has 0 aromatic heterocycles. The van der Waals surface area contributed by atoms with Crippen LogP contribution in [0.15, 0.2) is 53.5 Å². The van der Waals surface area contributed by atoms with Gasteiger partial charge in [-0.2, -0.15) is 0 Å². The topological polar surface area (TPSA) is 41.6 Å². The summed E-state index contributed by atoms with van der Waals surface area (Å²) in [5.41, 5.74) is 11.4. The lowest BCUT2D eigenvalue weighted by molar-refractivity contribution is 0.768. The molecule has 4 heteroatoms. The van der Waals surface area contributed by atoms with Gasteiger partial charge in [-0.3, -0.25) is 4.99 Å². The SMILES string of the molecule is Br.NC1=NC[C@@H]2c3ccccc3Cc3ccccc3N12. The smallest absolute Gasteiger partial charge is 0.196 e. The van der Waals surface area contributed by atoms with E-state index in [0.29, 0.717) is 5.96 Å². The van der Waals surface area contributed by atoms with Crippen LogP contribution in [0.1, 0.15) is 22.7 Å². The van der Waals surface area contributed by atoms with Gasteiger partial charge in [0.1, 0.15) is 0 Å². The first-order valence-corrected chi connectivity index (χ1v) is 6.59. The number of rotatable bonds is 0. The Balaban J connectivity index is 0.00000121. The number of nitrogens with two attached hydrogens (primary N) is 1. The minimum atomic E-state index is 0.